The minimum absolute atomic E-state index is 0.0800. The van der Waals surface area contributed by atoms with Crippen molar-refractivity contribution in [2.24, 2.45) is 0 Å². The highest BCUT2D eigenvalue weighted by Crippen LogP contribution is 2.16. The fraction of sp³-hybridized carbons (Fsp3) is 0.350. The molecule has 1 aliphatic heterocycles. The van der Waals surface area contributed by atoms with Gasteiger partial charge in [-0.25, -0.2) is 4.79 Å². The molecule has 1 aliphatic rings. The van der Waals surface area contributed by atoms with Gasteiger partial charge in [0.15, 0.2) is 12.4 Å². The number of carboxylic acids is 1. The zero-order chi connectivity index (χ0) is 19.1. The van der Waals surface area contributed by atoms with Crippen molar-refractivity contribution in [3.8, 4) is 5.75 Å². The van der Waals surface area contributed by atoms with Crippen molar-refractivity contribution in [3.63, 3.8) is 0 Å². The summed E-state index contributed by atoms with van der Waals surface area (Å²) in [5.74, 6) is -0.503. The highest BCUT2D eigenvalue weighted by molar-refractivity contribution is 5.96. The molecule has 0 amide bonds. The lowest BCUT2D eigenvalue weighted by molar-refractivity contribution is -0.139. The van der Waals surface area contributed by atoms with Crippen LogP contribution in [-0.4, -0.2) is 66.1 Å². The van der Waals surface area contributed by atoms with Gasteiger partial charge in [0.25, 0.3) is 0 Å². The lowest BCUT2D eigenvalue weighted by Crippen LogP contribution is -2.46. The van der Waals surface area contributed by atoms with Gasteiger partial charge in [0.1, 0.15) is 5.75 Å². The predicted octanol–water partition coefficient (Wildman–Crippen LogP) is 1.94. The van der Waals surface area contributed by atoms with Crippen molar-refractivity contribution in [3.05, 3.63) is 54.4 Å². The molecule has 0 spiro atoms. The lowest BCUT2D eigenvalue weighted by Gasteiger charge is -2.35. The number of nitrogens with zero attached hydrogens (tertiary/aromatic N) is 3. The van der Waals surface area contributed by atoms with Crippen molar-refractivity contribution < 1.29 is 19.4 Å². The number of aliphatic carboxylic acids is 1. The smallest absolute Gasteiger partial charge is 0.341 e. The summed E-state index contributed by atoms with van der Waals surface area (Å²) < 4.78 is 5.08. The summed E-state index contributed by atoms with van der Waals surface area (Å²) in [4.78, 5) is 31.5. The Hall–Kier alpha value is -2.93. The van der Waals surface area contributed by atoms with E-state index in [4.69, 9.17) is 9.84 Å². The van der Waals surface area contributed by atoms with Crippen LogP contribution in [-0.2, 0) is 4.79 Å². The highest BCUT2D eigenvalue weighted by Gasteiger charge is 2.18. The van der Waals surface area contributed by atoms with E-state index in [9.17, 15) is 9.59 Å². The molecule has 7 heteroatoms. The molecule has 1 N–H and O–H groups in total. The predicted molar refractivity (Wildman–Crippen MR) is 101 cm³/mol. The quantitative estimate of drug-likeness (QED) is 0.712. The van der Waals surface area contributed by atoms with E-state index in [1.54, 1.807) is 36.7 Å². The molecule has 2 aromatic rings. The Balaban J connectivity index is 1.42. The molecule has 3 rings (SSSR count). The number of piperazine rings is 1. The number of benzene rings is 1. The van der Waals surface area contributed by atoms with E-state index in [2.05, 4.69) is 14.8 Å². The summed E-state index contributed by atoms with van der Waals surface area (Å²) in [7, 11) is 0. The van der Waals surface area contributed by atoms with Gasteiger partial charge >= 0.3 is 5.97 Å². The van der Waals surface area contributed by atoms with Crippen LogP contribution < -0.4 is 9.64 Å². The molecule has 2 heterocycles. The SMILES string of the molecule is O=C(O)COc1ccc(C(=O)CCN2CCN(c3ccncc3)CC2)cc1. The molecule has 0 atom stereocenters. The number of pyridine rings is 1. The monoisotopic (exact) mass is 369 g/mol. The number of rotatable bonds is 8. The molecule has 27 heavy (non-hydrogen) atoms. The van der Waals surface area contributed by atoms with Gasteiger partial charge in [-0.15, -0.1) is 0 Å². The van der Waals surface area contributed by atoms with Crippen LogP contribution in [0, 0.1) is 0 Å². The van der Waals surface area contributed by atoms with Gasteiger partial charge in [-0.1, -0.05) is 0 Å². The van der Waals surface area contributed by atoms with Crippen LogP contribution in [0.5, 0.6) is 5.75 Å². The van der Waals surface area contributed by atoms with Crippen molar-refractivity contribution in [2.75, 3.05) is 44.2 Å². The molecule has 1 saturated heterocycles. The van der Waals surface area contributed by atoms with E-state index in [1.165, 1.54) is 5.69 Å². The summed E-state index contributed by atoms with van der Waals surface area (Å²) in [6, 6.07) is 10.7. The molecule has 1 aromatic carbocycles. The first-order valence-corrected chi connectivity index (χ1v) is 8.97. The van der Waals surface area contributed by atoms with E-state index < -0.39 is 12.6 Å². The molecule has 7 nitrogen and oxygen atoms in total. The van der Waals surface area contributed by atoms with Crippen LogP contribution in [0.25, 0.3) is 0 Å². The third kappa shape index (κ3) is 5.52. The number of carbonyl (C=O) groups excluding carboxylic acids is 1. The van der Waals surface area contributed by atoms with Gasteiger partial charge in [0, 0.05) is 62.8 Å². The second kappa shape index (κ2) is 9.14. The fourth-order valence-electron chi connectivity index (χ4n) is 3.07. The van der Waals surface area contributed by atoms with E-state index in [1.807, 2.05) is 12.1 Å². The van der Waals surface area contributed by atoms with Crippen molar-refractivity contribution in [1.29, 1.82) is 0 Å². The molecule has 0 bridgehead atoms. The lowest BCUT2D eigenvalue weighted by atomic mass is 10.1. The summed E-state index contributed by atoms with van der Waals surface area (Å²) in [6.45, 7) is 4.08. The van der Waals surface area contributed by atoms with Gasteiger partial charge in [-0.3, -0.25) is 14.7 Å². The van der Waals surface area contributed by atoms with Gasteiger partial charge in [0.05, 0.1) is 0 Å². The minimum atomic E-state index is -1.03. The number of carboxylic acid groups (broad SMARTS) is 1. The van der Waals surface area contributed by atoms with Crippen LogP contribution in [0.1, 0.15) is 16.8 Å². The van der Waals surface area contributed by atoms with Crippen LogP contribution in [0.15, 0.2) is 48.8 Å². The van der Waals surface area contributed by atoms with E-state index in [0.29, 0.717) is 17.7 Å². The Bertz CT molecular complexity index is 757. The van der Waals surface area contributed by atoms with Crippen molar-refractivity contribution in [1.82, 2.24) is 9.88 Å². The van der Waals surface area contributed by atoms with Crippen LogP contribution in [0.4, 0.5) is 5.69 Å². The summed E-state index contributed by atoms with van der Waals surface area (Å²) >= 11 is 0. The first-order valence-electron chi connectivity index (χ1n) is 8.97. The van der Waals surface area contributed by atoms with Gasteiger partial charge in [-0.2, -0.15) is 0 Å². The van der Waals surface area contributed by atoms with Gasteiger partial charge in [0.2, 0.25) is 0 Å². The Labute approximate surface area is 158 Å². The fourth-order valence-corrected chi connectivity index (χ4v) is 3.07. The summed E-state index contributed by atoms with van der Waals surface area (Å²) in [6.07, 6.45) is 4.07. The van der Waals surface area contributed by atoms with E-state index >= 15 is 0 Å². The number of hydrogen-bond donors (Lipinski definition) is 1. The largest absolute Gasteiger partial charge is 0.482 e. The number of ketones is 1. The van der Waals surface area contributed by atoms with Crippen LogP contribution in [0.3, 0.4) is 0 Å². The molecule has 1 aromatic heterocycles. The number of ether oxygens (including phenoxy) is 1. The summed E-state index contributed by atoms with van der Waals surface area (Å²) in [5.41, 5.74) is 1.80. The normalized spacial score (nSPS) is 14.7. The zero-order valence-corrected chi connectivity index (χ0v) is 15.1. The number of aromatic nitrogens is 1. The first-order chi connectivity index (χ1) is 13.1. The maximum absolute atomic E-state index is 12.4. The number of Topliss-reactive ketones (excluding diaryl/α,β-unsaturated/α-hetero) is 1. The Morgan fingerprint density at radius 3 is 2.30 bits per heavy atom. The topological polar surface area (TPSA) is 83.0 Å². The van der Waals surface area contributed by atoms with Crippen LogP contribution >= 0.6 is 0 Å². The minimum Gasteiger partial charge on any atom is -0.482 e. The molecule has 1 fully saturated rings. The van der Waals surface area contributed by atoms with E-state index in [-0.39, 0.29) is 5.78 Å². The molecule has 0 saturated carbocycles. The third-order valence-electron chi connectivity index (χ3n) is 4.59. The molecular formula is C20H23N3O4. The second-order valence-corrected chi connectivity index (χ2v) is 6.41. The van der Waals surface area contributed by atoms with E-state index in [0.717, 1.165) is 32.7 Å². The Morgan fingerprint density at radius 2 is 1.67 bits per heavy atom. The Morgan fingerprint density at radius 1 is 1.00 bits per heavy atom. The maximum Gasteiger partial charge on any atom is 0.341 e. The molecule has 0 aliphatic carbocycles. The van der Waals surface area contributed by atoms with Crippen LogP contribution in [0.2, 0.25) is 0 Å². The molecule has 142 valence electrons. The first kappa shape index (κ1) is 18.8. The second-order valence-electron chi connectivity index (χ2n) is 6.41. The maximum atomic E-state index is 12.4. The average Bonchev–Trinajstić information content (AvgIpc) is 2.72. The number of carbonyl (C=O) groups is 2. The highest BCUT2D eigenvalue weighted by atomic mass is 16.5. The Kier molecular flexibility index (Phi) is 6.38. The number of anilines is 1. The average molecular weight is 369 g/mol. The van der Waals surface area contributed by atoms with Gasteiger partial charge in [-0.05, 0) is 36.4 Å². The van der Waals surface area contributed by atoms with Crippen molar-refractivity contribution >= 4 is 17.4 Å². The number of hydrogen-bond acceptors (Lipinski definition) is 6. The standard InChI is InChI=1S/C20H23N3O4/c24-19(16-1-3-18(4-2-16)27-15-20(25)26)7-10-22-11-13-23(14-12-22)17-5-8-21-9-6-17/h1-6,8-9H,7,10-15H2,(H,25,26). The zero-order valence-electron chi connectivity index (χ0n) is 15.1. The molecular weight excluding hydrogens is 346 g/mol. The molecule has 0 radical (unpaired) electrons. The molecule has 0 unspecified atom stereocenters. The van der Waals surface area contributed by atoms with Gasteiger partial charge < -0.3 is 14.7 Å². The summed E-state index contributed by atoms with van der Waals surface area (Å²) in [5, 5.41) is 8.60. The van der Waals surface area contributed by atoms with Crippen molar-refractivity contribution in [2.45, 2.75) is 6.42 Å². The third-order valence-corrected chi connectivity index (χ3v) is 4.59.